The standard InChI is InChI=1S/C68H131NO5/c1-3-5-7-9-11-13-15-17-19-20-21-22-23-24-25-26-27-30-33-36-40-44-48-52-56-60-66(71)65(64-70)69-67(72)61-57-53-49-45-41-37-34-31-28-29-32-35-39-43-47-51-55-59-63-74-68(73)62-58-54-50-46-42-38-18-16-14-12-10-8-6-4-2/h31,34,56,60,65-66,70-71H,3-30,32-33,35-55,57-59,61-64H2,1-2H3,(H,69,72)/b34-31-,60-56+. The molecule has 0 aliphatic carbocycles. The summed E-state index contributed by atoms with van der Waals surface area (Å²) in [6.07, 6.45) is 79.5. The van der Waals surface area contributed by atoms with Gasteiger partial charge in [0.15, 0.2) is 0 Å². The summed E-state index contributed by atoms with van der Waals surface area (Å²) in [7, 11) is 0. The number of ether oxygens (including phenoxy) is 1. The molecule has 438 valence electrons. The Labute approximate surface area is 462 Å². The number of nitrogens with one attached hydrogen (secondary N) is 1. The lowest BCUT2D eigenvalue weighted by Crippen LogP contribution is -2.45. The molecule has 0 fully saturated rings. The molecule has 6 heteroatoms. The topological polar surface area (TPSA) is 95.9 Å². The van der Waals surface area contributed by atoms with Crippen LogP contribution in [0.4, 0.5) is 0 Å². The Kier molecular flexibility index (Phi) is 62.4. The molecule has 3 N–H and O–H groups in total. The normalized spacial score (nSPS) is 12.6. The van der Waals surface area contributed by atoms with Gasteiger partial charge in [-0.25, -0.2) is 0 Å². The van der Waals surface area contributed by atoms with Crippen LogP contribution in [0, 0.1) is 0 Å². The molecule has 2 atom stereocenters. The average Bonchev–Trinajstić information content (AvgIpc) is 3.40. The Balaban J connectivity index is 3.47. The fourth-order valence-electron chi connectivity index (χ4n) is 10.6. The Morgan fingerprint density at radius 3 is 0.959 bits per heavy atom. The molecule has 0 aliphatic rings. The summed E-state index contributed by atoms with van der Waals surface area (Å²) in [5.41, 5.74) is 0. The minimum Gasteiger partial charge on any atom is -0.466 e. The number of unbranched alkanes of at least 4 members (excludes halogenated alkanes) is 50. The van der Waals surface area contributed by atoms with Crippen LogP contribution in [0.3, 0.4) is 0 Å². The molecule has 1 amide bonds. The number of hydrogen-bond donors (Lipinski definition) is 3. The van der Waals surface area contributed by atoms with E-state index in [1.807, 2.05) is 6.08 Å². The minimum atomic E-state index is -0.854. The number of rotatable bonds is 63. The summed E-state index contributed by atoms with van der Waals surface area (Å²) in [6.45, 7) is 4.92. The van der Waals surface area contributed by atoms with E-state index in [0.717, 1.165) is 57.8 Å². The highest BCUT2D eigenvalue weighted by atomic mass is 16.5. The van der Waals surface area contributed by atoms with Crippen molar-refractivity contribution in [3.05, 3.63) is 24.3 Å². The summed E-state index contributed by atoms with van der Waals surface area (Å²) in [4.78, 5) is 24.6. The van der Waals surface area contributed by atoms with Gasteiger partial charge in [0.05, 0.1) is 25.4 Å². The summed E-state index contributed by atoms with van der Waals surface area (Å²) in [6, 6.07) is -0.639. The molecule has 0 bridgehead atoms. The molecule has 0 aliphatic heterocycles. The van der Waals surface area contributed by atoms with Gasteiger partial charge in [-0.1, -0.05) is 327 Å². The summed E-state index contributed by atoms with van der Waals surface area (Å²) in [5, 5.41) is 23.2. The van der Waals surface area contributed by atoms with Crippen LogP contribution < -0.4 is 5.32 Å². The molecule has 0 spiro atoms. The smallest absolute Gasteiger partial charge is 0.305 e. The monoisotopic (exact) mass is 1040 g/mol. The molecule has 74 heavy (non-hydrogen) atoms. The zero-order valence-corrected chi connectivity index (χ0v) is 50.1. The van der Waals surface area contributed by atoms with E-state index in [-0.39, 0.29) is 18.5 Å². The molecule has 0 radical (unpaired) electrons. The zero-order chi connectivity index (χ0) is 53.6. The number of allylic oxidation sites excluding steroid dienone is 3. The molecule has 0 rings (SSSR count). The van der Waals surface area contributed by atoms with E-state index in [0.29, 0.717) is 19.4 Å². The first kappa shape index (κ1) is 72.3. The molecular weight excluding hydrogens is 911 g/mol. The third-order valence-electron chi connectivity index (χ3n) is 15.7. The molecule has 0 aromatic heterocycles. The average molecular weight is 1040 g/mol. The Hall–Kier alpha value is -1.66. The largest absolute Gasteiger partial charge is 0.466 e. The lowest BCUT2D eigenvalue weighted by atomic mass is 10.0. The van der Waals surface area contributed by atoms with Crippen molar-refractivity contribution >= 4 is 11.9 Å². The predicted molar refractivity (Wildman–Crippen MR) is 324 cm³/mol. The van der Waals surface area contributed by atoms with Gasteiger partial charge in [-0.3, -0.25) is 9.59 Å². The second-order valence-electron chi connectivity index (χ2n) is 23.2. The van der Waals surface area contributed by atoms with Gasteiger partial charge in [0.1, 0.15) is 0 Å². The van der Waals surface area contributed by atoms with Crippen molar-refractivity contribution in [2.45, 2.75) is 386 Å². The Morgan fingerprint density at radius 1 is 0.365 bits per heavy atom. The number of aliphatic hydroxyl groups excluding tert-OH is 2. The van der Waals surface area contributed by atoms with Gasteiger partial charge >= 0.3 is 5.97 Å². The number of hydrogen-bond acceptors (Lipinski definition) is 5. The quantitative estimate of drug-likeness (QED) is 0.0320. The molecular formula is C68H131NO5. The first-order chi connectivity index (χ1) is 36.5. The van der Waals surface area contributed by atoms with Crippen molar-refractivity contribution in [1.82, 2.24) is 5.32 Å². The zero-order valence-electron chi connectivity index (χ0n) is 50.1. The van der Waals surface area contributed by atoms with E-state index in [1.165, 1.54) is 289 Å². The lowest BCUT2D eigenvalue weighted by molar-refractivity contribution is -0.143. The van der Waals surface area contributed by atoms with E-state index in [4.69, 9.17) is 4.74 Å². The van der Waals surface area contributed by atoms with E-state index in [2.05, 4.69) is 31.3 Å². The molecule has 0 aromatic carbocycles. The molecule has 2 unspecified atom stereocenters. The maximum Gasteiger partial charge on any atom is 0.305 e. The summed E-state index contributed by atoms with van der Waals surface area (Å²) in [5.74, 6) is -0.0729. The van der Waals surface area contributed by atoms with Crippen molar-refractivity contribution < 1.29 is 24.5 Å². The van der Waals surface area contributed by atoms with Gasteiger partial charge in [-0.2, -0.15) is 0 Å². The highest BCUT2D eigenvalue weighted by molar-refractivity contribution is 5.76. The first-order valence-corrected chi connectivity index (χ1v) is 33.6. The maximum atomic E-state index is 12.5. The van der Waals surface area contributed by atoms with Crippen molar-refractivity contribution in [2.24, 2.45) is 0 Å². The van der Waals surface area contributed by atoms with E-state index in [1.54, 1.807) is 6.08 Å². The molecule has 0 aromatic rings. The molecule has 0 heterocycles. The third kappa shape index (κ3) is 59.6. The summed E-state index contributed by atoms with van der Waals surface area (Å²) < 4.78 is 5.48. The van der Waals surface area contributed by atoms with Crippen LogP contribution >= 0.6 is 0 Å². The first-order valence-electron chi connectivity index (χ1n) is 33.6. The number of esters is 1. The second-order valence-corrected chi connectivity index (χ2v) is 23.2. The van der Waals surface area contributed by atoms with Crippen LogP contribution in [0.15, 0.2) is 24.3 Å². The number of carbonyl (C=O) groups excluding carboxylic acids is 2. The molecule has 0 saturated heterocycles. The lowest BCUT2D eigenvalue weighted by Gasteiger charge is -2.20. The van der Waals surface area contributed by atoms with Gasteiger partial charge in [-0.15, -0.1) is 0 Å². The number of aliphatic hydroxyl groups is 2. The van der Waals surface area contributed by atoms with Gasteiger partial charge < -0.3 is 20.3 Å². The van der Waals surface area contributed by atoms with Crippen LogP contribution in [-0.2, 0) is 14.3 Å². The molecule has 0 saturated carbocycles. The fraction of sp³-hybridized carbons (Fsp3) is 0.912. The van der Waals surface area contributed by atoms with Crippen LogP contribution in [0.25, 0.3) is 0 Å². The van der Waals surface area contributed by atoms with Gasteiger partial charge in [0.25, 0.3) is 0 Å². The van der Waals surface area contributed by atoms with E-state index < -0.39 is 12.1 Å². The highest BCUT2D eigenvalue weighted by Crippen LogP contribution is 2.18. The van der Waals surface area contributed by atoms with Crippen molar-refractivity contribution in [3.63, 3.8) is 0 Å². The summed E-state index contributed by atoms with van der Waals surface area (Å²) >= 11 is 0. The third-order valence-corrected chi connectivity index (χ3v) is 15.7. The van der Waals surface area contributed by atoms with Crippen molar-refractivity contribution in [1.29, 1.82) is 0 Å². The van der Waals surface area contributed by atoms with E-state index >= 15 is 0 Å². The van der Waals surface area contributed by atoms with Gasteiger partial charge in [0.2, 0.25) is 5.91 Å². The van der Waals surface area contributed by atoms with Crippen LogP contribution in [0.2, 0.25) is 0 Å². The van der Waals surface area contributed by atoms with E-state index in [9.17, 15) is 19.8 Å². The Bertz CT molecular complexity index is 1150. The fourth-order valence-corrected chi connectivity index (χ4v) is 10.6. The Morgan fingerprint density at radius 2 is 0.635 bits per heavy atom. The number of carbonyl (C=O) groups is 2. The SMILES string of the molecule is CCCCCCCCCCCCCCCCCCCCCCCCC/C=C/C(O)C(CO)NC(=O)CCCCCCC/C=C\CCCCCCCCCCCOC(=O)CCCCCCCCCCCCCCCC. The number of amides is 1. The van der Waals surface area contributed by atoms with Crippen LogP contribution in [-0.4, -0.2) is 47.4 Å². The predicted octanol–water partition coefficient (Wildman–Crippen LogP) is 21.4. The highest BCUT2D eigenvalue weighted by Gasteiger charge is 2.18. The van der Waals surface area contributed by atoms with Crippen molar-refractivity contribution in [3.8, 4) is 0 Å². The van der Waals surface area contributed by atoms with Crippen molar-refractivity contribution in [2.75, 3.05) is 13.2 Å². The minimum absolute atomic E-state index is 0.00523. The van der Waals surface area contributed by atoms with Gasteiger partial charge in [0, 0.05) is 12.8 Å². The van der Waals surface area contributed by atoms with Gasteiger partial charge in [-0.05, 0) is 57.8 Å². The molecule has 6 nitrogen and oxygen atoms in total. The maximum absolute atomic E-state index is 12.5. The van der Waals surface area contributed by atoms with Crippen LogP contribution in [0.1, 0.15) is 373 Å². The van der Waals surface area contributed by atoms with Crippen LogP contribution in [0.5, 0.6) is 0 Å². The second kappa shape index (κ2) is 63.9.